The van der Waals surface area contributed by atoms with Crippen LogP contribution < -0.4 is 5.43 Å². The average molecular weight is 413 g/mol. The molecule has 1 saturated heterocycles. The topological polar surface area (TPSA) is 49.4 Å². The second-order valence-electron chi connectivity index (χ2n) is 5.28. The number of hydrogen-bond donors (Lipinski definition) is 1. The van der Waals surface area contributed by atoms with E-state index in [4.69, 9.17) is 0 Å². The Labute approximate surface area is 149 Å². The highest BCUT2D eigenvalue weighted by Crippen LogP contribution is 2.45. The van der Waals surface area contributed by atoms with Crippen molar-refractivity contribution in [2.24, 2.45) is 0 Å². The van der Waals surface area contributed by atoms with Crippen LogP contribution in [0, 0.1) is 11.6 Å². The molecule has 1 aliphatic heterocycles. The van der Waals surface area contributed by atoms with Gasteiger partial charge in [-0.2, -0.15) is 5.01 Å². The van der Waals surface area contributed by atoms with E-state index in [1.165, 1.54) is 0 Å². The molecule has 24 heavy (non-hydrogen) atoms. The van der Waals surface area contributed by atoms with E-state index in [2.05, 4.69) is 21.4 Å². The summed E-state index contributed by atoms with van der Waals surface area (Å²) < 4.78 is 26.4. The lowest BCUT2D eigenvalue weighted by Crippen LogP contribution is -2.40. The Morgan fingerprint density at radius 3 is 2.42 bits per heavy atom. The van der Waals surface area contributed by atoms with E-state index in [1.54, 1.807) is 31.2 Å². The van der Waals surface area contributed by atoms with Gasteiger partial charge < -0.3 is 0 Å². The fourth-order valence-corrected chi connectivity index (χ4v) is 3.57. The highest BCUT2D eigenvalue weighted by molar-refractivity contribution is 9.10. The molecule has 2 aromatic rings. The number of nitrogens with one attached hydrogen (secondary N) is 1. The van der Waals surface area contributed by atoms with Gasteiger partial charge in [0.05, 0.1) is 5.69 Å². The largest absolute Gasteiger partial charge is 0.308 e. The maximum atomic E-state index is 13.8. The van der Waals surface area contributed by atoms with Crippen LogP contribution in [-0.2, 0) is 9.54 Å². The molecule has 0 saturated carbocycles. The molecular weight excluding hydrogens is 402 g/mol. The van der Waals surface area contributed by atoms with Crippen LogP contribution >= 0.6 is 27.7 Å². The number of amides is 2. The molecular formula is C16H11BrF2N2O2S. The van der Waals surface area contributed by atoms with Crippen molar-refractivity contribution in [2.45, 2.75) is 11.7 Å². The van der Waals surface area contributed by atoms with Crippen LogP contribution in [0.4, 0.5) is 19.3 Å². The fourth-order valence-electron chi connectivity index (χ4n) is 2.31. The number of carbonyl (C=O) groups is 2. The number of thioether (sulfide) groups is 1. The van der Waals surface area contributed by atoms with Gasteiger partial charge in [0.1, 0.15) is 10.6 Å². The van der Waals surface area contributed by atoms with E-state index < -0.39 is 27.5 Å². The zero-order valence-corrected chi connectivity index (χ0v) is 14.7. The molecule has 1 aliphatic rings. The van der Waals surface area contributed by atoms with Gasteiger partial charge in [-0.3, -0.25) is 15.0 Å². The van der Waals surface area contributed by atoms with Crippen LogP contribution in [0.15, 0.2) is 46.9 Å². The van der Waals surface area contributed by atoms with Gasteiger partial charge in [0.15, 0.2) is 5.82 Å². The highest BCUT2D eigenvalue weighted by atomic mass is 79.9. The number of halogens is 3. The van der Waals surface area contributed by atoms with Gasteiger partial charge in [-0.05, 0) is 48.5 Å². The van der Waals surface area contributed by atoms with Gasteiger partial charge in [-0.1, -0.05) is 28.1 Å². The third kappa shape index (κ3) is 2.91. The number of rotatable bonds is 3. The SMILES string of the molecule is CC1(c2ccc(Br)cc2)SC(=O)N(Nc2ccc(F)cc2F)C1=O. The van der Waals surface area contributed by atoms with Gasteiger partial charge >= 0.3 is 5.24 Å². The number of hydrogen-bond acceptors (Lipinski definition) is 4. The summed E-state index contributed by atoms with van der Waals surface area (Å²) in [7, 11) is 0. The molecule has 0 spiro atoms. The fraction of sp³-hybridized carbons (Fsp3) is 0.125. The predicted molar refractivity (Wildman–Crippen MR) is 91.3 cm³/mol. The van der Waals surface area contributed by atoms with Crippen LogP contribution in [0.1, 0.15) is 12.5 Å². The number of hydrazine groups is 1. The normalized spacial score (nSPS) is 20.6. The van der Waals surface area contributed by atoms with Crippen molar-refractivity contribution in [3.63, 3.8) is 0 Å². The van der Waals surface area contributed by atoms with E-state index >= 15 is 0 Å². The number of benzene rings is 2. The molecule has 1 unspecified atom stereocenters. The molecule has 0 bridgehead atoms. The highest BCUT2D eigenvalue weighted by Gasteiger charge is 2.51. The van der Waals surface area contributed by atoms with Crippen molar-refractivity contribution in [3.8, 4) is 0 Å². The molecule has 1 N–H and O–H groups in total. The molecule has 2 amide bonds. The molecule has 3 rings (SSSR count). The maximum absolute atomic E-state index is 13.8. The van der Waals surface area contributed by atoms with E-state index in [-0.39, 0.29) is 5.69 Å². The third-order valence-corrected chi connectivity index (χ3v) is 5.35. The van der Waals surface area contributed by atoms with Gasteiger partial charge in [-0.15, -0.1) is 0 Å². The van der Waals surface area contributed by atoms with E-state index in [1.807, 2.05) is 0 Å². The van der Waals surface area contributed by atoms with Crippen LogP contribution in [0.2, 0.25) is 0 Å². The Kier molecular flexibility index (Phi) is 4.35. The smallest absolute Gasteiger partial charge is 0.285 e. The number of anilines is 1. The summed E-state index contributed by atoms with van der Waals surface area (Å²) in [5.41, 5.74) is 2.93. The monoisotopic (exact) mass is 412 g/mol. The first kappa shape index (κ1) is 16.9. The summed E-state index contributed by atoms with van der Waals surface area (Å²) >= 11 is 4.15. The predicted octanol–water partition coefficient (Wildman–Crippen LogP) is 4.67. The van der Waals surface area contributed by atoms with Gasteiger partial charge in [-0.25, -0.2) is 8.78 Å². The van der Waals surface area contributed by atoms with Crippen molar-refractivity contribution in [1.82, 2.24) is 5.01 Å². The lowest BCUT2D eigenvalue weighted by Gasteiger charge is -2.22. The molecule has 124 valence electrons. The minimum Gasteiger partial charge on any atom is -0.285 e. The third-order valence-electron chi connectivity index (χ3n) is 3.64. The standard InChI is InChI=1S/C16H11BrF2N2O2S/c1-16(9-2-4-10(17)5-3-9)14(22)21(15(23)24-16)20-13-7-6-11(18)8-12(13)19/h2-8,20H,1H3. The summed E-state index contributed by atoms with van der Waals surface area (Å²) in [5, 5.41) is 0.192. The van der Waals surface area contributed by atoms with Gasteiger partial charge in [0.25, 0.3) is 5.91 Å². The summed E-state index contributed by atoms with van der Waals surface area (Å²) in [5.74, 6) is -2.16. The van der Waals surface area contributed by atoms with Crippen molar-refractivity contribution in [2.75, 3.05) is 5.43 Å². The minimum absolute atomic E-state index is 0.154. The zero-order valence-electron chi connectivity index (χ0n) is 12.3. The Morgan fingerprint density at radius 2 is 1.79 bits per heavy atom. The van der Waals surface area contributed by atoms with Gasteiger partial charge in [0.2, 0.25) is 0 Å². The molecule has 0 aromatic heterocycles. The van der Waals surface area contributed by atoms with E-state index in [0.29, 0.717) is 11.6 Å². The first-order chi connectivity index (χ1) is 11.3. The van der Waals surface area contributed by atoms with Crippen LogP contribution in [0.3, 0.4) is 0 Å². The second kappa shape index (κ2) is 6.18. The molecule has 8 heteroatoms. The van der Waals surface area contributed by atoms with Crippen LogP contribution in [-0.4, -0.2) is 16.2 Å². The summed E-state index contributed by atoms with van der Waals surface area (Å²) in [6, 6.07) is 9.87. The van der Waals surface area contributed by atoms with Crippen LogP contribution in [0.5, 0.6) is 0 Å². The van der Waals surface area contributed by atoms with Crippen molar-refractivity contribution >= 4 is 44.5 Å². The number of nitrogens with zero attached hydrogens (tertiary/aromatic N) is 1. The average Bonchev–Trinajstić information content (AvgIpc) is 2.74. The van der Waals surface area contributed by atoms with Gasteiger partial charge in [0, 0.05) is 10.5 Å². The quantitative estimate of drug-likeness (QED) is 0.795. The molecule has 0 radical (unpaired) electrons. The summed E-state index contributed by atoms with van der Waals surface area (Å²) in [6.45, 7) is 1.63. The molecule has 0 aliphatic carbocycles. The lowest BCUT2D eigenvalue weighted by molar-refractivity contribution is -0.128. The summed E-state index contributed by atoms with van der Waals surface area (Å²) in [4.78, 5) is 24.9. The molecule has 1 fully saturated rings. The van der Waals surface area contributed by atoms with E-state index in [0.717, 1.165) is 33.4 Å². The Hall–Kier alpha value is -1.93. The Morgan fingerprint density at radius 1 is 1.12 bits per heavy atom. The van der Waals surface area contributed by atoms with Crippen molar-refractivity contribution in [1.29, 1.82) is 0 Å². The first-order valence-corrected chi connectivity index (χ1v) is 8.47. The first-order valence-electron chi connectivity index (χ1n) is 6.86. The number of imide groups is 1. The maximum Gasteiger partial charge on any atom is 0.308 e. The second-order valence-corrected chi connectivity index (χ2v) is 7.57. The Balaban J connectivity index is 1.90. The summed E-state index contributed by atoms with van der Waals surface area (Å²) in [6.07, 6.45) is 0. The lowest BCUT2D eigenvalue weighted by atomic mass is 9.99. The molecule has 2 aromatic carbocycles. The van der Waals surface area contributed by atoms with Crippen molar-refractivity contribution < 1.29 is 18.4 Å². The van der Waals surface area contributed by atoms with Crippen LogP contribution in [0.25, 0.3) is 0 Å². The van der Waals surface area contributed by atoms with E-state index in [9.17, 15) is 18.4 Å². The minimum atomic E-state index is -1.12. The Bertz CT molecular complexity index is 831. The molecule has 1 atom stereocenters. The molecule has 1 heterocycles. The molecule has 4 nitrogen and oxygen atoms in total. The van der Waals surface area contributed by atoms with Crippen molar-refractivity contribution in [3.05, 3.63) is 64.1 Å². The number of carbonyl (C=O) groups excluding carboxylic acids is 2. The zero-order chi connectivity index (χ0) is 17.5.